The number of carbonyl (C=O) groups is 1. The van der Waals surface area contributed by atoms with Crippen molar-refractivity contribution in [3.05, 3.63) is 22.7 Å². The summed E-state index contributed by atoms with van der Waals surface area (Å²) in [4.78, 5) is 12.2. The molecule has 0 aromatic heterocycles. The highest BCUT2D eigenvalue weighted by Gasteiger charge is 2.18. The van der Waals surface area contributed by atoms with Gasteiger partial charge in [0.1, 0.15) is 11.3 Å². The second-order valence-corrected chi connectivity index (χ2v) is 5.55. The van der Waals surface area contributed by atoms with Gasteiger partial charge in [-0.25, -0.2) is 4.79 Å². The molecule has 0 fully saturated rings. The Balaban J connectivity index is 2.64. The van der Waals surface area contributed by atoms with E-state index in [1.807, 2.05) is 6.92 Å². The Morgan fingerprint density at radius 3 is 2.67 bits per heavy atom. The lowest BCUT2D eigenvalue weighted by atomic mass is 10.1. The molecule has 0 aliphatic carbocycles. The van der Waals surface area contributed by atoms with Gasteiger partial charge in [-0.2, -0.15) is 0 Å². The van der Waals surface area contributed by atoms with Gasteiger partial charge in [0.15, 0.2) is 0 Å². The average molecular weight is 314 g/mol. The number of nitrogen functional groups attached to an aromatic ring is 1. The van der Waals surface area contributed by atoms with Crippen molar-refractivity contribution in [3.8, 4) is 5.75 Å². The third-order valence-corrected chi connectivity index (χ3v) is 3.64. The summed E-state index contributed by atoms with van der Waals surface area (Å²) in [5, 5.41) is 0.318. The molecule has 0 saturated carbocycles. The Hall–Kier alpha value is -1.42. The number of hydrogen-bond acceptors (Lipinski definition) is 4. The summed E-state index contributed by atoms with van der Waals surface area (Å²) in [5.74, 6) is -0.0585. The van der Waals surface area contributed by atoms with Gasteiger partial charge >= 0.3 is 5.97 Å². The number of nitrogens with two attached hydrogens (primary N) is 1. The van der Waals surface area contributed by atoms with Crippen molar-refractivity contribution >= 4 is 23.3 Å². The van der Waals surface area contributed by atoms with Gasteiger partial charge in [-0.05, 0) is 25.8 Å². The summed E-state index contributed by atoms with van der Waals surface area (Å²) in [6.45, 7) is 4.07. The van der Waals surface area contributed by atoms with Gasteiger partial charge in [-0.1, -0.05) is 37.8 Å². The summed E-state index contributed by atoms with van der Waals surface area (Å²) in [6, 6.07) is 3.02. The van der Waals surface area contributed by atoms with Gasteiger partial charge in [-0.3, -0.25) is 0 Å². The molecule has 2 N–H and O–H groups in total. The van der Waals surface area contributed by atoms with Gasteiger partial charge in [0, 0.05) is 6.07 Å². The van der Waals surface area contributed by atoms with E-state index in [0.29, 0.717) is 22.0 Å². The molecule has 4 nitrogen and oxygen atoms in total. The van der Waals surface area contributed by atoms with Crippen LogP contribution in [0, 0.1) is 0 Å². The van der Waals surface area contributed by atoms with Crippen LogP contribution in [0.3, 0.4) is 0 Å². The number of esters is 1. The molecule has 1 aromatic carbocycles. The van der Waals surface area contributed by atoms with Gasteiger partial charge in [0.25, 0.3) is 0 Å². The highest BCUT2D eigenvalue weighted by molar-refractivity contribution is 6.33. The van der Waals surface area contributed by atoms with E-state index in [1.54, 1.807) is 0 Å². The maximum Gasteiger partial charge on any atom is 0.342 e. The monoisotopic (exact) mass is 313 g/mol. The van der Waals surface area contributed by atoms with Crippen molar-refractivity contribution in [2.75, 3.05) is 12.8 Å². The van der Waals surface area contributed by atoms with E-state index in [1.165, 1.54) is 32.1 Å². The lowest BCUT2D eigenvalue weighted by Gasteiger charge is -2.15. The third-order valence-electron chi connectivity index (χ3n) is 3.31. The van der Waals surface area contributed by atoms with Gasteiger partial charge in [0.05, 0.1) is 23.9 Å². The largest absolute Gasteiger partial charge is 0.496 e. The summed E-state index contributed by atoms with van der Waals surface area (Å²) >= 11 is 5.95. The quantitative estimate of drug-likeness (QED) is 0.437. The first-order chi connectivity index (χ1) is 9.99. The minimum absolute atomic E-state index is 0.129. The van der Waals surface area contributed by atoms with Crippen LogP contribution in [0.5, 0.6) is 5.75 Å². The normalized spacial score (nSPS) is 12.0. The first-order valence-corrected chi connectivity index (χ1v) is 7.71. The van der Waals surface area contributed by atoms with Crippen molar-refractivity contribution in [2.24, 2.45) is 0 Å². The van der Waals surface area contributed by atoms with Crippen LogP contribution < -0.4 is 10.5 Å². The van der Waals surface area contributed by atoms with Crippen molar-refractivity contribution < 1.29 is 14.3 Å². The van der Waals surface area contributed by atoms with Crippen molar-refractivity contribution in [1.82, 2.24) is 0 Å². The van der Waals surface area contributed by atoms with E-state index in [-0.39, 0.29) is 6.10 Å². The molecular weight excluding hydrogens is 290 g/mol. The molecule has 0 aliphatic rings. The van der Waals surface area contributed by atoms with Crippen LogP contribution in [0.1, 0.15) is 56.3 Å². The molecule has 0 saturated heterocycles. The molecule has 118 valence electrons. The predicted molar refractivity (Wildman–Crippen MR) is 86.1 cm³/mol. The number of anilines is 1. The van der Waals surface area contributed by atoms with E-state index < -0.39 is 5.97 Å². The smallest absolute Gasteiger partial charge is 0.342 e. The number of unbranched alkanes of at least 4 members (excludes halogenated alkanes) is 3. The Labute approximate surface area is 131 Å². The summed E-state index contributed by atoms with van der Waals surface area (Å²) in [7, 11) is 1.48. The lowest BCUT2D eigenvalue weighted by Crippen LogP contribution is -2.16. The maximum atomic E-state index is 12.2. The Bertz CT molecular complexity index is 477. The molecule has 0 heterocycles. The van der Waals surface area contributed by atoms with Gasteiger partial charge in [0.2, 0.25) is 0 Å². The number of hydrogen-bond donors (Lipinski definition) is 1. The molecule has 5 heteroatoms. The summed E-state index contributed by atoms with van der Waals surface area (Å²) < 4.78 is 10.6. The summed E-state index contributed by atoms with van der Waals surface area (Å²) in [6.07, 6.45) is 5.35. The summed E-state index contributed by atoms with van der Waals surface area (Å²) in [5.41, 5.74) is 6.37. The molecule has 0 bridgehead atoms. The fourth-order valence-electron chi connectivity index (χ4n) is 2.06. The van der Waals surface area contributed by atoms with Gasteiger partial charge in [-0.15, -0.1) is 0 Å². The fraction of sp³-hybridized carbons (Fsp3) is 0.562. The molecule has 1 unspecified atom stereocenters. The minimum Gasteiger partial charge on any atom is -0.496 e. The van der Waals surface area contributed by atoms with Crippen LogP contribution in [0.4, 0.5) is 5.69 Å². The highest BCUT2D eigenvalue weighted by Crippen LogP contribution is 2.29. The van der Waals surface area contributed by atoms with Crippen LogP contribution in [0.15, 0.2) is 12.1 Å². The molecule has 21 heavy (non-hydrogen) atoms. The minimum atomic E-state index is -0.434. The standard InChI is InChI=1S/C16H24ClNO3/c1-4-5-6-7-8-11(2)21-16(19)12-9-13(17)14(18)10-15(12)20-3/h9-11H,4-8,18H2,1-3H3. The molecule has 1 atom stereocenters. The van der Waals surface area contributed by atoms with Crippen LogP contribution in [0.25, 0.3) is 0 Å². The lowest BCUT2D eigenvalue weighted by molar-refractivity contribution is 0.0316. The van der Waals surface area contributed by atoms with Crippen LogP contribution in [0.2, 0.25) is 5.02 Å². The topological polar surface area (TPSA) is 61.5 Å². The molecule has 1 aromatic rings. The fourth-order valence-corrected chi connectivity index (χ4v) is 2.22. The molecular formula is C16H24ClNO3. The zero-order chi connectivity index (χ0) is 15.8. The third kappa shape index (κ3) is 5.46. The number of methoxy groups -OCH3 is 1. The molecule has 0 amide bonds. The molecule has 0 spiro atoms. The molecule has 1 rings (SSSR count). The number of halogens is 1. The predicted octanol–water partition coefficient (Wildman–Crippen LogP) is 4.45. The Morgan fingerprint density at radius 1 is 1.33 bits per heavy atom. The first-order valence-electron chi connectivity index (χ1n) is 7.33. The van der Waals surface area contributed by atoms with E-state index >= 15 is 0 Å². The Kier molecular flexibility index (Phi) is 7.37. The number of carbonyl (C=O) groups excluding carboxylic acids is 1. The maximum absolute atomic E-state index is 12.2. The van der Waals surface area contributed by atoms with Crippen LogP contribution in [-0.4, -0.2) is 19.2 Å². The molecule has 0 aliphatic heterocycles. The second-order valence-electron chi connectivity index (χ2n) is 5.14. The van der Waals surface area contributed by atoms with E-state index in [9.17, 15) is 4.79 Å². The zero-order valence-corrected chi connectivity index (χ0v) is 13.7. The zero-order valence-electron chi connectivity index (χ0n) is 12.9. The number of rotatable bonds is 8. The van der Waals surface area contributed by atoms with E-state index in [4.69, 9.17) is 26.8 Å². The average Bonchev–Trinajstić information content (AvgIpc) is 2.45. The highest BCUT2D eigenvalue weighted by atomic mass is 35.5. The number of benzene rings is 1. The van der Waals surface area contributed by atoms with Crippen LogP contribution in [-0.2, 0) is 4.74 Å². The Morgan fingerprint density at radius 2 is 2.05 bits per heavy atom. The van der Waals surface area contributed by atoms with E-state index in [2.05, 4.69) is 6.92 Å². The van der Waals surface area contributed by atoms with Crippen molar-refractivity contribution in [3.63, 3.8) is 0 Å². The number of ether oxygens (including phenoxy) is 2. The van der Waals surface area contributed by atoms with Gasteiger partial charge < -0.3 is 15.2 Å². The van der Waals surface area contributed by atoms with Crippen molar-refractivity contribution in [1.29, 1.82) is 0 Å². The van der Waals surface area contributed by atoms with Crippen LogP contribution >= 0.6 is 11.6 Å². The first kappa shape index (κ1) is 17.6. The molecule has 0 radical (unpaired) electrons. The SMILES string of the molecule is CCCCCCC(C)OC(=O)c1cc(Cl)c(N)cc1OC. The van der Waals surface area contributed by atoms with Crippen molar-refractivity contribution in [2.45, 2.75) is 52.1 Å². The second kappa shape index (κ2) is 8.78. The van der Waals surface area contributed by atoms with E-state index in [0.717, 1.165) is 19.3 Å².